The van der Waals surface area contributed by atoms with Crippen LogP contribution in [0.25, 0.3) is 11.1 Å². The molecular weight excluding hydrogens is 250 g/mol. The number of fused-ring (bicyclic) bond motifs is 3. The first-order chi connectivity index (χ1) is 9.42. The van der Waals surface area contributed by atoms with Crippen molar-refractivity contribution < 1.29 is 0 Å². The topological polar surface area (TPSA) is 3.24 Å². The first-order valence-electron chi connectivity index (χ1n) is 6.94. The van der Waals surface area contributed by atoms with Gasteiger partial charge < -0.3 is 4.90 Å². The molecule has 4 rings (SSSR count). The molecule has 1 fully saturated rings. The third-order valence-electron chi connectivity index (χ3n) is 4.18. The van der Waals surface area contributed by atoms with Crippen molar-refractivity contribution in [2.75, 3.05) is 23.0 Å². The molecule has 0 spiro atoms. The molecule has 0 saturated carbocycles. The largest absolute Gasteiger partial charge is 0.366 e. The van der Waals surface area contributed by atoms with Crippen molar-refractivity contribution in [3.05, 3.63) is 54.1 Å². The summed E-state index contributed by atoms with van der Waals surface area (Å²) in [6.07, 6.45) is 1.23. The SMILES string of the molecule is c1ccc(-c2ccc3c(c2)CC2CSCCN32)cc1. The molecule has 0 radical (unpaired) electrons. The van der Waals surface area contributed by atoms with Crippen LogP contribution >= 0.6 is 11.8 Å². The predicted molar refractivity (Wildman–Crippen MR) is 84.0 cm³/mol. The van der Waals surface area contributed by atoms with E-state index in [4.69, 9.17) is 0 Å². The van der Waals surface area contributed by atoms with Crippen LogP contribution in [0.3, 0.4) is 0 Å². The Kier molecular flexibility index (Phi) is 2.77. The Balaban J connectivity index is 1.73. The highest BCUT2D eigenvalue weighted by Gasteiger charge is 2.31. The number of benzene rings is 2. The van der Waals surface area contributed by atoms with Crippen LogP contribution < -0.4 is 4.90 Å². The molecule has 0 N–H and O–H groups in total. The van der Waals surface area contributed by atoms with Crippen LogP contribution in [0, 0.1) is 0 Å². The highest BCUT2D eigenvalue weighted by molar-refractivity contribution is 7.99. The highest BCUT2D eigenvalue weighted by Crippen LogP contribution is 2.38. The van der Waals surface area contributed by atoms with Gasteiger partial charge in [0.25, 0.3) is 0 Å². The van der Waals surface area contributed by atoms with E-state index in [1.54, 1.807) is 0 Å². The zero-order chi connectivity index (χ0) is 12.7. The van der Waals surface area contributed by atoms with E-state index in [0.29, 0.717) is 0 Å². The van der Waals surface area contributed by atoms with Crippen LogP contribution in [0.1, 0.15) is 5.56 Å². The molecule has 96 valence electrons. The summed E-state index contributed by atoms with van der Waals surface area (Å²) < 4.78 is 0. The number of rotatable bonds is 1. The average Bonchev–Trinajstić information content (AvgIpc) is 2.86. The van der Waals surface area contributed by atoms with Crippen LogP contribution in [0.2, 0.25) is 0 Å². The van der Waals surface area contributed by atoms with Crippen molar-refractivity contribution >= 4 is 17.4 Å². The molecule has 1 atom stereocenters. The van der Waals surface area contributed by atoms with Crippen molar-refractivity contribution in [1.82, 2.24) is 0 Å². The van der Waals surface area contributed by atoms with Crippen molar-refractivity contribution in [1.29, 1.82) is 0 Å². The normalized spacial score (nSPS) is 21.1. The van der Waals surface area contributed by atoms with Gasteiger partial charge in [-0.25, -0.2) is 0 Å². The second-order valence-electron chi connectivity index (χ2n) is 5.34. The fourth-order valence-electron chi connectivity index (χ4n) is 3.23. The molecule has 2 heteroatoms. The summed E-state index contributed by atoms with van der Waals surface area (Å²) in [4.78, 5) is 2.61. The summed E-state index contributed by atoms with van der Waals surface area (Å²) in [5, 5.41) is 0. The van der Waals surface area contributed by atoms with Gasteiger partial charge in [0.2, 0.25) is 0 Å². The fourth-order valence-corrected chi connectivity index (χ4v) is 4.30. The van der Waals surface area contributed by atoms with E-state index in [0.717, 1.165) is 6.04 Å². The number of hydrogen-bond acceptors (Lipinski definition) is 2. The second kappa shape index (κ2) is 4.61. The minimum Gasteiger partial charge on any atom is -0.366 e. The Morgan fingerprint density at radius 3 is 2.79 bits per heavy atom. The summed E-state index contributed by atoms with van der Waals surface area (Å²) in [5.41, 5.74) is 5.69. The minimum absolute atomic E-state index is 0.736. The molecule has 2 aliphatic rings. The maximum absolute atomic E-state index is 2.61. The van der Waals surface area contributed by atoms with Crippen LogP contribution in [-0.4, -0.2) is 24.1 Å². The van der Waals surface area contributed by atoms with E-state index in [9.17, 15) is 0 Å². The molecule has 1 unspecified atom stereocenters. The molecule has 0 aliphatic carbocycles. The second-order valence-corrected chi connectivity index (χ2v) is 6.49. The van der Waals surface area contributed by atoms with Crippen molar-refractivity contribution in [3.8, 4) is 11.1 Å². The zero-order valence-electron chi connectivity index (χ0n) is 10.9. The highest BCUT2D eigenvalue weighted by atomic mass is 32.2. The Bertz CT molecular complexity index is 593. The third-order valence-corrected chi connectivity index (χ3v) is 5.27. The van der Waals surface area contributed by atoms with Crippen molar-refractivity contribution in [3.63, 3.8) is 0 Å². The maximum atomic E-state index is 2.61. The van der Waals surface area contributed by atoms with Gasteiger partial charge in [0.15, 0.2) is 0 Å². The van der Waals surface area contributed by atoms with Crippen LogP contribution in [0.15, 0.2) is 48.5 Å². The molecule has 1 saturated heterocycles. The lowest BCUT2D eigenvalue weighted by atomic mass is 10.0. The van der Waals surface area contributed by atoms with E-state index in [1.807, 2.05) is 0 Å². The summed E-state index contributed by atoms with van der Waals surface area (Å²) in [7, 11) is 0. The maximum Gasteiger partial charge on any atom is 0.0421 e. The molecule has 2 heterocycles. The number of nitrogens with zero attached hydrogens (tertiary/aromatic N) is 1. The molecular formula is C17H17NS. The smallest absolute Gasteiger partial charge is 0.0421 e. The average molecular weight is 267 g/mol. The number of thioether (sulfide) groups is 1. The zero-order valence-corrected chi connectivity index (χ0v) is 11.7. The quantitative estimate of drug-likeness (QED) is 0.772. The van der Waals surface area contributed by atoms with Crippen molar-refractivity contribution in [2.24, 2.45) is 0 Å². The minimum atomic E-state index is 0.736. The Morgan fingerprint density at radius 1 is 1.00 bits per heavy atom. The van der Waals surface area contributed by atoms with Gasteiger partial charge in [-0.05, 0) is 35.2 Å². The van der Waals surface area contributed by atoms with Gasteiger partial charge in [-0.1, -0.05) is 36.4 Å². The molecule has 0 amide bonds. The lowest BCUT2D eigenvalue weighted by Gasteiger charge is -2.31. The molecule has 0 aromatic heterocycles. The predicted octanol–water partition coefficient (Wildman–Crippen LogP) is 3.83. The van der Waals surface area contributed by atoms with Crippen LogP contribution in [0.4, 0.5) is 5.69 Å². The third kappa shape index (κ3) is 1.95. The molecule has 2 aliphatic heterocycles. The number of anilines is 1. The van der Waals surface area contributed by atoms with Crippen molar-refractivity contribution in [2.45, 2.75) is 12.5 Å². The molecule has 0 bridgehead atoms. The molecule has 2 aromatic carbocycles. The summed E-state index contributed by atoms with van der Waals surface area (Å²) in [5.74, 6) is 2.56. The molecule has 1 nitrogen and oxygen atoms in total. The van der Waals surface area contributed by atoms with Crippen LogP contribution in [-0.2, 0) is 6.42 Å². The van der Waals surface area contributed by atoms with Gasteiger partial charge in [0.1, 0.15) is 0 Å². The summed E-state index contributed by atoms with van der Waals surface area (Å²) in [6.45, 7) is 1.22. The van der Waals surface area contributed by atoms with Gasteiger partial charge in [0.05, 0.1) is 0 Å². The number of hydrogen-bond donors (Lipinski definition) is 0. The Hall–Kier alpha value is -1.41. The van der Waals surface area contributed by atoms with E-state index in [-0.39, 0.29) is 0 Å². The van der Waals surface area contributed by atoms with E-state index in [2.05, 4.69) is 65.2 Å². The summed E-state index contributed by atoms with van der Waals surface area (Å²) in [6, 6.07) is 18.4. The Morgan fingerprint density at radius 2 is 1.89 bits per heavy atom. The Labute approximate surface area is 118 Å². The lowest BCUT2D eigenvalue weighted by molar-refractivity contribution is 0.688. The first-order valence-corrected chi connectivity index (χ1v) is 8.10. The van der Waals surface area contributed by atoms with E-state index >= 15 is 0 Å². The molecule has 2 aromatic rings. The fraction of sp³-hybridized carbons (Fsp3) is 0.294. The van der Waals surface area contributed by atoms with Gasteiger partial charge in [-0.2, -0.15) is 11.8 Å². The lowest BCUT2D eigenvalue weighted by Crippen LogP contribution is -2.39. The van der Waals surface area contributed by atoms with Crippen LogP contribution in [0.5, 0.6) is 0 Å². The first kappa shape index (κ1) is 11.4. The standard InChI is InChI=1S/C17H17NS/c1-2-4-13(5-3-1)14-6-7-17-15(10-14)11-16-12-19-9-8-18(16)17/h1-7,10,16H,8-9,11-12H2. The monoisotopic (exact) mass is 267 g/mol. The molecule has 19 heavy (non-hydrogen) atoms. The van der Waals surface area contributed by atoms with Gasteiger partial charge in [-0.15, -0.1) is 0 Å². The van der Waals surface area contributed by atoms with E-state index in [1.165, 1.54) is 46.8 Å². The van der Waals surface area contributed by atoms with E-state index < -0.39 is 0 Å². The summed E-state index contributed by atoms with van der Waals surface area (Å²) >= 11 is 2.10. The van der Waals surface area contributed by atoms with Gasteiger partial charge >= 0.3 is 0 Å². The van der Waals surface area contributed by atoms with Gasteiger partial charge in [0, 0.05) is 29.8 Å². The van der Waals surface area contributed by atoms with Gasteiger partial charge in [-0.3, -0.25) is 0 Å².